The summed E-state index contributed by atoms with van der Waals surface area (Å²) in [5, 5.41) is 0. The maximum Gasteiger partial charge on any atom is 0.306 e. The fourth-order valence-corrected chi connectivity index (χ4v) is 9.15. The van der Waals surface area contributed by atoms with E-state index in [9.17, 15) is 14.4 Å². The van der Waals surface area contributed by atoms with Gasteiger partial charge in [0, 0.05) is 19.3 Å². The van der Waals surface area contributed by atoms with Gasteiger partial charge >= 0.3 is 17.9 Å². The van der Waals surface area contributed by atoms with Gasteiger partial charge in [0.15, 0.2) is 6.10 Å². The summed E-state index contributed by atoms with van der Waals surface area (Å²) in [4.78, 5) is 38.1. The molecule has 65 heavy (non-hydrogen) atoms. The first kappa shape index (κ1) is 63.4. The van der Waals surface area contributed by atoms with E-state index in [0.717, 1.165) is 57.8 Å². The van der Waals surface area contributed by atoms with Crippen LogP contribution in [0.3, 0.4) is 0 Å². The molecule has 0 radical (unpaired) electrons. The summed E-state index contributed by atoms with van der Waals surface area (Å²) < 4.78 is 16.9. The van der Waals surface area contributed by atoms with Gasteiger partial charge in [-0.3, -0.25) is 14.4 Å². The molecule has 0 fully saturated rings. The van der Waals surface area contributed by atoms with E-state index in [1.165, 1.54) is 244 Å². The predicted octanol–water partition coefficient (Wildman–Crippen LogP) is 19.5. The average molecular weight is 920 g/mol. The largest absolute Gasteiger partial charge is 0.462 e. The van der Waals surface area contributed by atoms with Crippen LogP contribution in [0, 0.1) is 0 Å². The Bertz CT molecular complexity index is 967. The summed E-state index contributed by atoms with van der Waals surface area (Å²) in [7, 11) is 0. The van der Waals surface area contributed by atoms with E-state index < -0.39 is 6.10 Å². The lowest BCUT2D eigenvalue weighted by molar-refractivity contribution is -0.167. The van der Waals surface area contributed by atoms with Crippen molar-refractivity contribution in [3.8, 4) is 0 Å². The second-order valence-corrected chi connectivity index (χ2v) is 20.3. The normalized spacial score (nSPS) is 11.9. The second kappa shape index (κ2) is 55.0. The molecule has 0 amide bonds. The third-order valence-electron chi connectivity index (χ3n) is 13.6. The highest BCUT2D eigenvalue weighted by atomic mass is 16.6. The Morgan fingerprint density at radius 1 is 0.246 bits per heavy atom. The zero-order valence-electron chi connectivity index (χ0n) is 44.3. The fraction of sp³-hybridized carbons (Fsp3) is 0.949. The molecule has 0 aromatic carbocycles. The Labute approximate surface area is 406 Å². The minimum absolute atomic E-state index is 0.0609. The molecular formula is C59H114O6. The van der Waals surface area contributed by atoms with Crippen LogP contribution in [0.1, 0.15) is 342 Å². The maximum atomic E-state index is 12.9. The van der Waals surface area contributed by atoms with Crippen LogP contribution in [0.2, 0.25) is 0 Å². The molecule has 0 bridgehead atoms. The van der Waals surface area contributed by atoms with Crippen molar-refractivity contribution >= 4 is 17.9 Å². The molecule has 0 unspecified atom stereocenters. The molecule has 0 spiro atoms. The number of hydrogen-bond donors (Lipinski definition) is 0. The molecule has 0 heterocycles. The number of carbonyl (C=O) groups is 3. The van der Waals surface area contributed by atoms with Gasteiger partial charge in [-0.25, -0.2) is 0 Å². The number of unbranched alkanes of at least 4 members (excludes halogenated alkanes) is 44. The molecule has 0 aliphatic heterocycles. The van der Waals surface area contributed by atoms with E-state index in [2.05, 4.69) is 20.8 Å². The van der Waals surface area contributed by atoms with Crippen molar-refractivity contribution in [1.82, 2.24) is 0 Å². The van der Waals surface area contributed by atoms with E-state index in [1.807, 2.05) is 0 Å². The molecule has 0 aliphatic rings. The van der Waals surface area contributed by atoms with Gasteiger partial charge in [0.05, 0.1) is 0 Å². The molecule has 1 atom stereocenters. The van der Waals surface area contributed by atoms with Crippen molar-refractivity contribution < 1.29 is 28.6 Å². The molecule has 0 N–H and O–H groups in total. The van der Waals surface area contributed by atoms with Crippen LogP contribution in [0.4, 0.5) is 0 Å². The van der Waals surface area contributed by atoms with E-state index in [4.69, 9.17) is 14.2 Å². The van der Waals surface area contributed by atoms with Crippen LogP contribution in [-0.2, 0) is 28.6 Å². The average Bonchev–Trinajstić information content (AvgIpc) is 3.30. The Morgan fingerprint density at radius 3 is 0.615 bits per heavy atom. The summed E-state index contributed by atoms with van der Waals surface area (Å²) >= 11 is 0. The standard InChI is InChI=1S/C59H114O6/c1-4-7-10-13-16-19-22-25-27-29-30-32-35-38-41-44-47-50-53-59(62)65-56(54-63-57(60)51-48-45-42-39-36-33-24-21-18-15-12-9-6-3)55-64-58(61)52-49-46-43-40-37-34-31-28-26-23-20-17-14-11-8-5-2/h56H,4-55H2,1-3H3/t56-/m1/s1. The van der Waals surface area contributed by atoms with Crippen molar-refractivity contribution in [2.75, 3.05) is 13.2 Å². The highest BCUT2D eigenvalue weighted by Crippen LogP contribution is 2.18. The molecule has 386 valence electrons. The summed E-state index contributed by atoms with van der Waals surface area (Å²) in [6.45, 7) is 6.71. The van der Waals surface area contributed by atoms with Crippen LogP contribution in [0.15, 0.2) is 0 Å². The van der Waals surface area contributed by atoms with Gasteiger partial charge in [0.2, 0.25) is 0 Å². The van der Waals surface area contributed by atoms with Crippen molar-refractivity contribution in [2.45, 2.75) is 348 Å². The Kier molecular flexibility index (Phi) is 53.7. The highest BCUT2D eigenvalue weighted by Gasteiger charge is 2.19. The van der Waals surface area contributed by atoms with Crippen molar-refractivity contribution in [3.63, 3.8) is 0 Å². The van der Waals surface area contributed by atoms with E-state index in [1.54, 1.807) is 0 Å². The first-order valence-electron chi connectivity index (χ1n) is 29.5. The zero-order valence-corrected chi connectivity index (χ0v) is 44.3. The maximum absolute atomic E-state index is 12.9. The molecule has 0 saturated carbocycles. The van der Waals surface area contributed by atoms with Crippen LogP contribution < -0.4 is 0 Å². The summed E-state index contributed by atoms with van der Waals surface area (Å²) in [6.07, 6.45) is 60.9. The van der Waals surface area contributed by atoms with Gasteiger partial charge in [0.25, 0.3) is 0 Å². The van der Waals surface area contributed by atoms with Crippen LogP contribution in [-0.4, -0.2) is 37.2 Å². The lowest BCUT2D eigenvalue weighted by Gasteiger charge is -2.18. The van der Waals surface area contributed by atoms with Crippen LogP contribution in [0.5, 0.6) is 0 Å². The molecule has 0 saturated heterocycles. The van der Waals surface area contributed by atoms with Gasteiger partial charge in [-0.2, -0.15) is 0 Å². The number of hydrogen-bond acceptors (Lipinski definition) is 6. The molecule has 0 rings (SSSR count). The smallest absolute Gasteiger partial charge is 0.306 e. The number of esters is 3. The van der Waals surface area contributed by atoms with Gasteiger partial charge in [-0.05, 0) is 19.3 Å². The van der Waals surface area contributed by atoms with E-state index in [0.29, 0.717) is 19.3 Å². The fourth-order valence-electron chi connectivity index (χ4n) is 9.15. The number of carbonyl (C=O) groups excluding carboxylic acids is 3. The Balaban J connectivity index is 4.28. The van der Waals surface area contributed by atoms with Gasteiger partial charge in [-0.15, -0.1) is 0 Å². The SMILES string of the molecule is CCCCCCCCCCCCCCCCCCCCC(=O)O[C@H](COC(=O)CCCCCCCCCCCCCCC)COC(=O)CCCCCCCCCCCCCCCCCC. The Hall–Kier alpha value is -1.59. The molecule has 6 heteroatoms. The van der Waals surface area contributed by atoms with Crippen molar-refractivity contribution in [2.24, 2.45) is 0 Å². The van der Waals surface area contributed by atoms with E-state index in [-0.39, 0.29) is 31.1 Å². The second-order valence-electron chi connectivity index (χ2n) is 20.3. The van der Waals surface area contributed by atoms with Crippen LogP contribution >= 0.6 is 0 Å². The highest BCUT2D eigenvalue weighted by molar-refractivity contribution is 5.71. The lowest BCUT2D eigenvalue weighted by atomic mass is 10.0. The Morgan fingerprint density at radius 2 is 0.415 bits per heavy atom. The van der Waals surface area contributed by atoms with Gasteiger partial charge < -0.3 is 14.2 Å². The predicted molar refractivity (Wildman–Crippen MR) is 280 cm³/mol. The van der Waals surface area contributed by atoms with Gasteiger partial charge in [-0.1, -0.05) is 303 Å². The molecule has 0 aromatic rings. The third kappa shape index (κ3) is 53.2. The zero-order chi connectivity index (χ0) is 47.2. The molecule has 6 nitrogen and oxygen atoms in total. The summed E-state index contributed by atoms with van der Waals surface area (Å²) in [6, 6.07) is 0. The third-order valence-corrected chi connectivity index (χ3v) is 13.6. The quantitative estimate of drug-likeness (QED) is 0.0344. The molecule has 0 aliphatic carbocycles. The molecule has 0 aromatic heterocycles. The minimum Gasteiger partial charge on any atom is -0.462 e. The van der Waals surface area contributed by atoms with Crippen molar-refractivity contribution in [3.05, 3.63) is 0 Å². The van der Waals surface area contributed by atoms with Crippen molar-refractivity contribution in [1.29, 1.82) is 0 Å². The van der Waals surface area contributed by atoms with E-state index >= 15 is 0 Å². The van der Waals surface area contributed by atoms with Crippen LogP contribution in [0.25, 0.3) is 0 Å². The molecular weight excluding hydrogens is 805 g/mol. The topological polar surface area (TPSA) is 78.9 Å². The van der Waals surface area contributed by atoms with Gasteiger partial charge in [0.1, 0.15) is 13.2 Å². The number of rotatable bonds is 55. The first-order chi connectivity index (χ1) is 32.0. The monoisotopic (exact) mass is 919 g/mol. The minimum atomic E-state index is -0.761. The summed E-state index contributed by atoms with van der Waals surface area (Å²) in [5.74, 6) is -0.830. The summed E-state index contributed by atoms with van der Waals surface area (Å²) in [5.41, 5.74) is 0. The first-order valence-corrected chi connectivity index (χ1v) is 29.5. The number of ether oxygens (including phenoxy) is 3. The lowest BCUT2D eigenvalue weighted by Crippen LogP contribution is -2.30.